The minimum atomic E-state index is -0.0181. The number of halogens is 1. The Morgan fingerprint density at radius 3 is 2.42 bits per heavy atom. The second-order valence-corrected chi connectivity index (χ2v) is 4.88. The molecule has 0 unspecified atom stereocenters. The van der Waals surface area contributed by atoms with E-state index in [0.717, 1.165) is 16.0 Å². The number of benzene rings is 1. The van der Waals surface area contributed by atoms with Crippen molar-refractivity contribution in [1.82, 2.24) is 4.98 Å². The van der Waals surface area contributed by atoms with Crippen LogP contribution in [0.3, 0.4) is 0 Å². The molecule has 2 N–H and O–H groups in total. The highest BCUT2D eigenvalue weighted by atomic mass is 79.9. The van der Waals surface area contributed by atoms with E-state index in [1.165, 1.54) is 0 Å². The molecular formula is C14H14BrN3O. The molecule has 1 amide bonds. The lowest BCUT2D eigenvalue weighted by Gasteiger charge is -2.07. The molecule has 19 heavy (non-hydrogen) atoms. The fourth-order valence-electron chi connectivity index (χ4n) is 1.47. The van der Waals surface area contributed by atoms with Gasteiger partial charge in [0.15, 0.2) is 0 Å². The highest BCUT2D eigenvalue weighted by Crippen LogP contribution is 2.18. The van der Waals surface area contributed by atoms with Gasteiger partial charge in [-0.1, -0.05) is 22.9 Å². The van der Waals surface area contributed by atoms with Crippen LogP contribution in [0.4, 0.5) is 17.2 Å². The van der Waals surface area contributed by atoms with Gasteiger partial charge in [-0.05, 0) is 36.4 Å². The van der Waals surface area contributed by atoms with E-state index in [4.69, 9.17) is 0 Å². The van der Waals surface area contributed by atoms with Gasteiger partial charge in [-0.15, -0.1) is 0 Å². The van der Waals surface area contributed by atoms with E-state index in [-0.39, 0.29) is 5.91 Å². The fraction of sp³-hybridized carbons (Fsp3) is 0.143. The topological polar surface area (TPSA) is 54.0 Å². The first-order valence-corrected chi connectivity index (χ1v) is 6.75. The van der Waals surface area contributed by atoms with Crippen molar-refractivity contribution in [2.24, 2.45) is 0 Å². The van der Waals surface area contributed by atoms with Gasteiger partial charge >= 0.3 is 0 Å². The smallest absolute Gasteiger partial charge is 0.224 e. The van der Waals surface area contributed by atoms with Crippen molar-refractivity contribution in [2.45, 2.75) is 13.3 Å². The number of hydrogen-bond acceptors (Lipinski definition) is 3. The molecule has 2 rings (SSSR count). The Kier molecular flexibility index (Phi) is 4.52. The largest absolute Gasteiger partial charge is 0.340 e. The first-order valence-electron chi connectivity index (χ1n) is 5.96. The Labute approximate surface area is 120 Å². The maximum atomic E-state index is 11.2. The normalized spacial score (nSPS) is 10.0. The van der Waals surface area contributed by atoms with Crippen LogP contribution in [0.1, 0.15) is 13.3 Å². The fourth-order valence-corrected chi connectivity index (χ4v) is 1.74. The average molecular weight is 320 g/mol. The number of carbonyl (C=O) groups is 1. The van der Waals surface area contributed by atoms with Gasteiger partial charge in [-0.25, -0.2) is 4.98 Å². The predicted molar refractivity (Wildman–Crippen MR) is 80.6 cm³/mol. The van der Waals surface area contributed by atoms with Crippen LogP contribution in [-0.2, 0) is 4.79 Å². The minimum Gasteiger partial charge on any atom is -0.340 e. The highest BCUT2D eigenvalue weighted by Gasteiger charge is 2.00. The summed E-state index contributed by atoms with van der Waals surface area (Å²) in [7, 11) is 0. The van der Waals surface area contributed by atoms with E-state index in [2.05, 4.69) is 31.5 Å². The minimum absolute atomic E-state index is 0.0181. The summed E-state index contributed by atoms with van der Waals surface area (Å²) in [5, 5.41) is 5.94. The van der Waals surface area contributed by atoms with Crippen molar-refractivity contribution in [3.63, 3.8) is 0 Å². The van der Waals surface area contributed by atoms with Crippen molar-refractivity contribution >= 4 is 39.0 Å². The number of rotatable bonds is 4. The van der Waals surface area contributed by atoms with E-state index in [0.29, 0.717) is 12.1 Å². The molecule has 2 aromatic rings. The first kappa shape index (κ1) is 13.5. The second-order valence-electron chi connectivity index (χ2n) is 3.97. The molecule has 0 aliphatic rings. The molecule has 1 aromatic heterocycles. The number of nitrogens with one attached hydrogen (secondary N) is 2. The summed E-state index contributed by atoms with van der Waals surface area (Å²) in [6.07, 6.45) is 2.09. The maximum Gasteiger partial charge on any atom is 0.224 e. The van der Waals surface area contributed by atoms with Gasteiger partial charge in [0.1, 0.15) is 5.82 Å². The molecule has 0 atom stereocenters. The number of aromatic nitrogens is 1. The van der Waals surface area contributed by atoms with Crippen molar-refractivity contribution in [3.05, 3.63) is 47.1 Å². The van der Waals surface area contributed by atoms with Crippen LogP contribution in [0.5, 0.6) is 0 Å². The lowest BCUT2D eigenvalue weighted by Crippen LogP contribution is -2.09. The Bertz CT molecular complexity index is 552. The monoisotopic (exact) mass is 319 g/mol. The summed E-state index contributed by atoms with van der Waals surface area (Å²) in [6, 6.07) is 11.5. The SMILES string of the molecule is CCC(=O)Nc1ccc(Nc2ccc(Br)cc2)nc1. The molecule has 0 saturated carbocycles. The number of pyridine rings is 1. The molecule has 1 heterocycles. The third-order valence-corrected chi connectivity index (χ3v) is 3.01. The molecule has 0 fully saturated rings. The van der Waals surface area contributed by atoms with E-state index in [9.17, 15) is 4.79 Å². The first-order chi connectivity index (χ1) is 9.17. The van der Waals surface area contributed by atoms with Gasteiger partial charge in [0.2, 0.25) is 5.91 Å². The summed E-state index contributed by atoms with van der Waals surface area (Å²) < 4.78 is 1.03. The van der Waals surface area contributed by atoms with Crippen LogP contribution < -0.4 is 10.6 Å². The van der Waals surface area contributed by atoms with E-state index < -0.39 is 0 Å². The number of hydrogen-bond donors (Lipinski definition) is 2. The zero-order valence-corrected chi connectivity index (χ0v) is 12.1. The van der Waals surface area contributed by atoms with Crippen molar-refractivity contribution in [2.75, 3.05) is 10.6 Å². The van der Waals surface area contributed by atoms with Crippen molar-refractivity contribution in [3.8, 4) is 0 Å². The van der Waals surface area contributed by atoms with Crippen LogP contribution in [0, 0.1) is 0 Å². The van der Waals surface area contributed by atoms with Gasteiger partial charge in [0.25, 0.3) is 0 Å². The van der Waals surface area contributed by atoms with Crippen LogP contribution in [0.25, 0.3) is 0 Å². The molecule has 0 spiro atoms. The molecule has 0 aliphatic heterocycles. The highest BCUT2D eigenvalue weighted by molar-refractivity contribution is 9.10. The summed E-state index contributed by atoms with van der Waals surface area (Å²) in [4.78, 5) is 15.5. The quantitative estimate of drug-likeness (QED) is 0.897. The molecule has 1 aromatic carbocycles. The molecule has 4 nitrogen and oxygen atoms in total. The number of amides is 1. The molecule has 0 bridgehead atoms. The molecule has 5 heteroatoms. The molecule has 98 valence electrons. The molecule has 0 aliphatic carbocycles. The van der Waals surface area contributed by atoms with E-state index in [1.54, 1.807) is 6.20 Å². The Balaban J connectivity index is 2.02. The number of nitrogens with zero attached hydrogens (tertiary/aromatic N) is 1. The van der Waals surface area contributed by atoms with Crippen molar-refractivity contribution in [1.29, 1.82) is 0 Å². The number of carbonyl (C=O) groups excluding carboxylic acids is 1. The summed E-state index contributed by atoms with van der Waals surface area (Å²) in [5.74, 6) is 0.715. The Morgan fingerprint density at radius 1 is 1.16 bits per heavy atom. The van der Waals surface area contributed by atoms with Crippen LogP contribution >= 0.6 is 15.9 Å². The van der Waals surface area contributed by atoms with E-state index >= 15 is 0 Å². The predicted octanol–water partition coefficient (Wildman–Crippen LogP) is 3.94. The summed E-state index contributed by atoms with van der Waals surface area (Å²) in [5.41, 5.74) is 1.66. The van der Waals surface area contributed by atoms with Gasteiger partial charge in [-0.2, -0.15) is 0 Å². The Morgan fingerprint density at radius 2 is 1.84 bits per heavy atom. The summed E-state index contributed by atoms with van der Waals surface area (Å²) >= 11 is 3.39. The van der Waals surface area contributed by atoms with Crippen LogP contribution in [0.2, 0.25) is 0 Å². The van der Waals surface area contributed by atoms with Crippen LogP contribution in [0.15, 0.2) is 47.1 Å². The lowest BCUT2D eigenvalue weighted by molar-refractivity contribution is -0.115. The van der Waals surface area contributed by atoms with Gasteiger partial charge in [0, 0.05) is 16.6 Å². The number of anilines is 3. The van der Waals surface area contributed by atoms with Crippen molar-refractivity contribution < 1.29 is 4.79 Å². The molecule has 0 radical (unpaired) electrons. The standard InChI is InChI=1S/C14H14BrN3O/c1-2-14(19)18-12-7-8-13(16-9-12)17-11-5-3-10(15)4-6-11/h3-9H,2H2,1H3,(H,16,17)(H,18,19). The third-order valence-electron chi connectivity index (χ3n) is 2.48. The average Bonchev–Trinajstić information content (AvgIpc) is 2.43. The van der Waals surface area contributed by atoms with E-state index in [1.807, 2.05) is 43.3 Å². The lowest BCUT2D eigenvalue weighted by atomic mass is 10.3. The van der Waals surface area contributed by atoms with Crippen LogP contribution in [-0.4, -0.2) is 10.9 Å². The third kappa shape index (κ3) is 4.06. The second kappa shape index (κ2) is 6.33. The zero-order chi connectivity index (χ0) is 13.7. The van der Waals surface area contributed by atoms with Gasteiger partial charge in [-0.3, -0.25) is 4.79 Å². The summed E-state index contributed by atoms with van der Waals surface area (Å²) in [6.45, 7) is 1.81. The molecule has 0 saturated heterocycles. The Hall–Kier alpha value is -1.88. The molecular weight excluding hydrogens is 306 g/mol. The maximum absolute atomic E-state index is 11.2. The zero-order valence-electron chi connectivity index (χ0n) is 10.5. The van der Waals surface area contributed by atoms with Gasteiger partial charge < -0.3 is 10.6 Å². The van der Waals surface area contributed by atoms with Gasteiger partial charge in [0.05, 0.1) is 11.9 Å².